The van der Waals surface area contributed by atoms with Gasteiger partial charge in [-0.3, -0.25) is 0 Å². The Hall–Kier alpha value is -1.74. The highest BCUT2D eigenvalue weighted by Crippen LogP contribution is 2.28. The molecular formula is C17H20ClFN2. The third kappa shape index (κ3) is 4.36. The fourth-order valence-electron chi connectivity index (χ4n) is 2.30. The lowest BCUT2D eigenvalue weighted by Gasteiger charge is -2.22. The van der Waals surface area contributed by atoms with Crippen LogP contribution < -0.4 is 10.2 Å². The van der Waals surface area contributed by atoms with Crippen LogP contribution in [0.2, 0.25) is 5.02 Å². The minimum absolute atomic E-state index is 0.205. The predicted molar refractivity (Wildman–Crippen MR) is 89.0 cm³/mol. The molecule has 1 unspecified atom stereocenters. The maximum absolute atomic E-state index is 12.9. The fourth-order valence-corrected chi connectivity index (χ4v) is 2.48. The molecule has 0 saturated heterocycles. The second-order valence-corrected chi connectivity index (χ2v) is 5.87. The predicted octanol–water partition coefficient (Wildman–Crippen LogP) is 4.59. The molecule has 0 radical (unpaired) electrons. The van der Waals surface area contributed by atoms with E-state index in [2.05, 4.69) is 12.2 Å². The van der Waals surface area contributed by atoms with Gasteiger partial charge < -0.3 is 10.2 Å². The molecule has 21 heavy (non-hydrogen) atoms. The Bertz CT molecular complexity index is 596. The number of benzene rings is 2. The lowest BCUT2D eigenvalue weighted by Crippen LogP contribution is -2.20. The van der Waals surface area contributed by atoms with Gasteiger partial charge in [-0.25, -0.2) is 4.39 Å². The van der Waals surface area contributed by atoms with Gasteiger partial charge in [0.25, 0.3) is 0 Å². The molecule has 0 heterocycles. The largest absolute Gasteiger partial charge is 0.381 e. The summed E-state index contributed by atoms with van der Waals surface area (Å²) >= 11 is 6.08. The molecule has 0 aliphatic carbocycles. The van der Waals surface area contributed by atoms with E-state index in [-0.39, 0.29) is 11.9 Å². The van der Waals surface area contributed by atoms with Crippen LogP contribution in [0, 0.1) is 5.82 Å². The zero-order chi connectivity index (χ0) is 15.4. The van der Waals surface area contributed by atoms with Crippen LogP contribution in [-0.4, -0.2) is 20.1 Å². The first-order chi connectivity index (χ1) is 9.95. The van der Waals surface area contributed by atoms with Crippen molar-refractivity contribution in [3.8, 4) is 0 Å². The van der Waals surface area contributed by atoms with Gasteiger partial charge in [-0.05, 0) is 49.2 Å². The minimum atomic E-state index is -0.205. The van der Waals surface area contributed by atoms with Crippen molar-refractivity contribution >= 4 is 23.0 Å². The van der Waals surface area contributed by atoms with E-state index in [1.165, 1.54) is 12.1 Å². The lowest BCUT2D eigenvalue weighted by atomic mass is 10.1. The highest BCUT2D eigenvalue weighted by atomic mass is 35.5. The molecule has 2 nitrogen and oxygen atoms in total. The molecule has 2 rings (SSSR count). The molecule has 0 fully saturated rings. The Balaban J connectivity index is 2.10. The summed E-state index contributed by atoms with van der Waals surface area (Å²) in [5.74, 6) is -0.205. The number of hydrogen-bond donors (Lipinski definition) is 1. The summed E-state index contributed by atoms with van der Waals surface area (Å²) in [5.41, 5.74) is 3.19. The van der Waals surface area contributed by atoms with Gasteiger partial charge in [0, 0.05) is 25.2 Å². The number of nitrogens with zero attached hydrogens (tertiary/aromatic N) is 1. The van der Waals surface area contributed by atoms with Crippen LogP contribution in [0.4, 0.5) is 15.8 Å². The Kier molecular flexibility index (Phi) is 5.07. The van der Waals surface area contributed by atoms with Gasteiger partial charge in [-0.15, -0.1) is 0 Å². The molecule has 1 N–H and O–H groups in total. The van der Waals surface area contributed by atoms with Gasteiger partial charge >= 0.3 is 0 Å². The van der Waals surface area contributed by atoms with Crippen molar-refractivity contribution in [1.82, 2.24) is 0 Å². The van der Waals surface area contributed by atoms with E-state index in [0.717, 1.165) is 23.4 Å². The lowest BCUT2D eigenvalue weighted by molar-refractivity contribution is 0.626. The quantitative estimate of drug-likeness (QED) is 0.869. The van der Waals surface area contributed by atoms with Crippen LogP contribution in [-0.2, 0) is 6.42 Å². The van der Waals surface area contributed by atoms with E-state index >= 15 is 0 Å². The van der Waals surface area contributed by atoms with Crippen molar-refractivity contribution in [3.05, 3.63) is 58.9 Å². The molecular weight excluding hydrogens is 287 g/mol. The fraction of sp³-hybridized carbons (Fsp3) is 0.294. The van der Waals surface area contributed by atoms with Crippen LogP contribution >= 0.6 is 11.6 Å². The monoisotopic (exact) mass is 306 g/mol. The third-order valence-corrected chi connectivity index (χ3v) is 3.53. The molecule has 0 aliphatic heterocycles. The molecule has 0 amide bonds. The average Bonchev–Trinajstić information content (AvgIpc) is 2.41. The van der Waals surface area contributed by atoms with Gasteiger partial charge in [0.15, 0.2) is 0 Å². The van der Waals surface area contributed by atoms with Crippen LogP contribution in [0.5, 0.6) is 0 Å². The van der Waals surface area contributed by atoms with Crippen LogP contribution in [0.15, 0.2) is 42.5 Å². The van der Waals surface area contributed by atoms with Gasteiger partial charge in [0.1, 0.15) is 5.82 Å². The smallest absolute Gasteiger partial charge is 0.123 e. The van der Waals surface area contributed by atoms with Crippen molar-refractivity contribution < 1.29 is 4.39 Å². The van der Waals surface area contributed by atoms with Crippen LogP contribution in [0.1, 0.15) is 12.5 Å². The Morgan fingerprint density at radius 1 is 1.14 bits per heavy atom. The van der Waals surface area contributed by atoms with Gasteiger partial charge in [-0.2, -0.15) is 0 Å². The molecule has 0 aromatic heterocycles. The average molecular weight is 307 g/mol. The van der Waals surface area contributed by atoms with E-state index < -0.39 is 0 Å². The standard InChI is InChI=1S/C17H20ClFN2/c1-12(10-13-4-7-15(19)8-5-13)20-16-11-14(18)6-9-17(16)21(2)3/h4-9,11-12,20H,10H2,1-3H3. The van der Waals surface area contributed by atoms with Crippen molar-refractivity contribution in [1.29, 1.82) is 0 Å². The minimum Gasteiger partial charge on any atom is -0.381 e. The number of nitrogens with one attached hydrogen (secondary N) is 1. The van der Waals surface area contributed by atoms with Gasteiger partial charge in [0.05, 0.1) is 11.4 Å². The van der Waals surface area contributed by atoms with E-state index in [1.54, 1.807) is 0 Å². The Morgan fingerprint density at radius 2 is 1.81 bits per heavy atom. The first-order valence-corrected chi connectivity index (χ1v) is 7.31. The Morgan fingerprint density at radius 3 is 2.43 bits per heavy atom. The summed E-state index contributed by atoms with van der Waals surface area (Å²) in [7, 11) is 4.00. The first kappa shape index (κ1) is 15.6. The van der Waals surface area contributed by atoms with E-state index in [1.807, 2.05) is 49.3 Å². The molecule has 0 saturated carbocycles. The van der Waals surface area contributed by atoms with Gasteiger partial charge in [0.2, 0.25) is 0 Å². The maximum Gasteiger partial charge on any atom is 0.123 e. The second kappa shape index (κ2) is 6.81. The van der Waals surface area contributed by atoms with Crippen molar-refractivity contribution in [3.63, 3.8) is 0 Å². The number of halogens is 2. The molecule has 2 aromatic rings. The molecule has 2 aromatic carbocycles. The van der Waals surface area contributed by atoms with Crippen LogP contribution in [0.3, 0.4) is 0 Å². The highest BCUT2D eigenvalue weighted by molar-refractivity contribution is 6.31. The highest BCUT2D eigenvalue weighted by Gasteiger charge is 2.09. The molecule has 0 spiro atoms. The van der Waals surface area contributed by atoms with Crippen molar-refractivity contribution in [2.45, 2.75) is 19.4 Å². The number of hydrogen-bond acceptors (Lipinski definition) is 2. The first-order valence-electron chi connectivity index (χ1n) is 6.93. The summed E-state index contributed by atoms with van der Waals surface area (Å²) in [6, 6.07) is 12.6. The summed E-state index contributed by atoms with van der Waals surface area (Å²) < 4.78 is 12.9. The van der Waals surface area contributed by atoms with Crippen molar-refractivity contribution in [2.75, 3.05) is 24.3 Å². The van der Waals surface area contributed by atoms with E-state index in [4.69, 9.17) is 11.6 Å². The topological polar surface area (TPSA) is 15.3 Å². The molecule has 1 atom stereocenters. The molecule has 4 heteroatoms. The maximum atomic E-state index is 12.9. The summed E-state index contributed by atoms with van der Waals surface area (Å²) in [5, 5.41) is 4.18. The molecule has 0 bridgehead atoms. The molecule has 112 valence electrons. The van der Waals surface area contributed by atoms with E-state index in [0.29, 0.717) is 5.02 Å². The zero-order valence-corrected chi connectivity index (χ0v) is 13.3. The summed E-state index contributed by atoms with van der Waals surface area (Å²) in [4.78, 5) is 2.04. The number of anilines is 2. The normalized spacial score (nSPS) is 12.0. The van der Waals surface area contributed by atoms with E-state index in [9.17, 15) is 4.39 Å². The number of rotatable bonds is 5. The third-order valence-electron chi connectivity index (χ3n) is 3.30. The summed E-state index contributed by atoms with van der Waals surface area (Å²) in [6.07, 6.45) is 0.819. The van der Waals surface area contributed by atoms with Crippen LogP contribution in [0.25, 0.3) is 0 Å². The molecule has 0 aliphatic rings. The zero-order valence-electron chi connectivity index (χ0n) is 12.5. The van der Waals surface area contributed by atoms with Crippen molar-refractivity contribution in [2.24, 2.45) is 0 Å². The SMILES string of the molecule is CC(Cc1ccc(F)cc1)Nc1cc(Cl)ccc1N(C)C. The van der Waals surface area contributed by atoms with Gasteiger partial charge in [-0.1, -0.05) is 23.7 Å². The second-order valence-electron chi connectivity index (χ2n) is 5.43. The summed E-state index contributed by atoms with van der Waals surface area (Å²) in [6.45, 7) is 2.10. The Labute approximate surface area is 130 Å².